The van der Waals surface area contributed by atoms with Gasteiger partial charge in [0.2, 0.25) is 0 Å². The predicted octanol–water partition coefficient (Wildman–Crippen LogP) is 0.308. The van der Waals surface area contributed by atoms with Crippen LogP contribution in [0.25, 0.3) is 0 Å². The van der Waals surface area contributed by atoms with Gasteiger partial charge in [-0.3, -0.25) is 4.79 Å². The van der Waals surface area contributed by atoms with Crippen LogP contribution in [-0.4, -0.2) is 43.3 Å². The molecule has 1 heterocycles. The third-order valence-corrected chi connectivity index (χ3v) is 2.66. The van der Waals surface area contributed by atoms with E-state index in [1.807, 2.05) is 6.92 Å². The van der Waals surface area contributed by atoms with Gasteiger partial charge in [0.1, 0.15) is 12.2 Å². The van der Waals surface area contributed by atoms with Crippen LogP contribution in [0.2, 0.25) is 0 Å². The second kappa shape index (κ2) is 5.44. The van der Waals surface area contributed by atoms with E-state index in [0.29, 0.717) is 13.0 Å². The van der Waals surface area contributed by atoms with Gasteiger partial charge in [0.15, 0.2) is 6.29 Å². The van der Waals surface area contributed by atoms with E-state index < -0.39 is 12.4 Å². The van der Waals surface area contributed by atoms with Crippen LogP contribution in [0.1, 0.15) is 20.3 Å². The molecule has 5 heteroatoms. The molecule has 0 aromatic heterocycles. The standard InChI is InChI=1S/C10H18O5/c1-6-8(15-7(2)11)4-5-14-9(6)10(12)13-3/h6,8-10,12H,4-5H2,1-3H3/t6-,8+,9?,10?/m0/s1. The highest BCUT2D eigenvalue weighted by atomic mass is 16.6. The molecule has 0 bridgehead atoms. The lowest BCUT2D eigenvalue weighted by Gasteiger charge is -2.36. The number of hydrogen-bond donors (Lipinski definition) is 1. The van der Waals surface area contributed by atoms with Crippen molar-refractivity contribution in [1.82, 2.24) is 0 Å². The van der Waals surface area contributed by atoms with Crippen molar-refractivity contribution in [2.45, 2.75) is 38.8 Å². The number of esters is 1. The molecule has 1 aliphatic rings. The van der Waals surface area contributed by atoms with Crippen LogP contribution >= 0.6 is 0 Å². The molecule has 0 aromatic rings. The van der Waals surface area contributed by atoms with Gasteiger partial charge in [0.25, 0.3) is 0 Å². The lowest BCUT2D eigenvalue weighted by Crippen LogP contribution is -2.47. The minimum absolute atomic E-state index is 0.0717. The molecule has 15 heavy (non-hydrogen) atoms. The fraction of sp³-hybridized carbons (Fsp3) is 0.900. The Kier molecular flexibility index (Phi) is 4.50. The first kappa shape index (κ1) is 12.4. The van der Waals surface area contributed by atoms with Gasteiger partial charge in [0.05, 0.1) is 6.61 Å². The number of aliphatic hydroxyl groups excluding tert-OH is 1. The topological polar surface area (TPSA) is 65.0 Å². The van der Waals surface area contributed by atoms with Crippen molar-refractivity contribution in [1.29, 1.82) is 0 Å². The first-order valence-electron chi connectivity index (χ1n) is 5.06. The van der Waals surface area contributed by atoms with E-state index in [2.05, 4.69) is 0 Å². The summed E-state index contributed by atoms with van der Waals surface area (Å²) >= 11 is 0. The molecule has 1 N–H and O–H groups in total. The Morgan fingerprint density at radius 2 is 2.27 bits per heavy atom. The number of carbonyl (C=O) groups is 1. The van der Waals surface area contributed by atoms with Gasteiger partial charge in [-0.15, -0.1) is 0 Å². The summed E-state index contributed by atoms with van der Waals surface area (Å²) in [6.07, 6.45) is -0.953. The summed E-state index contributed by atoms with van der Waals surface area (Å²) in [5.74, 6) is -0.378. The molecule has 0 aliphatic carbocycles. The highest BCUT2D eigenvalue weighted by Crippen LogP contribution is 2.26. The van der Waals surface area contributed by atoms with Gasteiger partial charge in [-0.05, 0) is 0 Å². The predicted molar refractivity (Wildman–Crippen MR) is 52.1 cm³/mol. The zero-order valence-corrected chi connectivity index (χ0v) is 9.30. The Morgan fingerprint density at radius 3 is 2.80 bits per heavy atom. The third kappa shape index (κ3) is 3.15. The summed E-state index contributed by atoms with van der Waals surface area (Å²) in [6, 6.07) is 0. The van der Waals surface area contributed by atoms with Gasteiger partial charge >= 0.3 is 5.97 Å². The molecule has 1 saturated heterocycles. The first-order valence-corrected chi connectivity index (χ1v) is 5.06. The maximum atomic E-state index is 10.8. The second-order valence-electron chi connectivity index (χ2n) is 3.76. The fourth-order valence-corrected chi connectivity index (χ4v) is 1.80. The van der Waals surface area contributed by atoms with Crippen molar-refractivity contribution < 1.29 is 24.1 Å². The molecule has 1 rings (SSSR count). The summed E-state index contributed by atoms with van der Waals surface area (Å²) in [6.45, 7) is 3.72. The van der Waals surface area contributed by atoms with E-state index in [9.17, 15) is 9.90 Å². The smallest absolute Gasteiger partial charge is 0.302 e. The molecule has 2 unspecified atom stereocenters. The summed E-state index contributed by atoms with van der Waals surface area (Å²) in [5.41, 5.74) is 0. The maximum absolute atomic E-state index is 10.8. The molecule has 0 saturated carbocycles. The van der Waals surface area contributed by atoms with Gasteiger partial charge in [-0.25, -0.2) is 0 Å². The van der Waals surface area contributed by atoms with E-state index >= 15 is 0 Å². The number of aliphatic hydroxyl groups is 1. The molecule has 0 radical (unpaired) electrons. The van der Waals surface area contributed by atoms with Gasteiger partial charge in [0, 0.05) is 26.4 Å². The Morgan fingerprint density at radius 1 is 1.60 bits per heavy atom. The molecule has 5 nitrogen and oxygen atoms in total. The quantitative estimate of drug-likeness (QED) is 0.545. The Hall–Kier alpha value is -0.650. The van der Waals surface area contributed by atoms with Crippen LogP contribution in [0, 0.1) is 5.92 Å². The summed E-state index contributed by atoms with van der Waals surface area (Å²) in [4.78, 5) is 10.8. The Balaban J connectivity index is 2.58. The van der Waals surface area contributed by atoms with E-state index in [0.717, 1.165) is 0 Å². The zero-order chi connectivity index (χ0) is 11.4. The summed E-state index contributed by atoms with van der Waals surface area (Å²) in [5, 5.41) is 9.52. The van der Waals surface area contributed by atoms with Crippen LogP contribution in [0.3, 0.4) is 0 Å². The van der Waals surface area contributed by atoms with Crippen molar-refractivity contribution in [3.8, 4) is 0 Å². The maximum Gasteiger partial charge on any atom is 0.302 e. The average molecular weight is 218 g/mol. The molecular formula is C10H18O5. The molecular weight excluding hydrogens is 200 g/mol. The number of methoxy groups -OCH3 is 1. The molecule has 0 amide bonds. The van der Waals surface area contributed by atoms with E-state index in [1.54, 1.807) is 0 Å². The largest absolute Gasteiger partial charge is 0.462 e. The highest BCUT2D eigenvalue weighted by Gasteiger charge is 2.37. The zero-order valence-electron chi connectivity index (χ0n) is 9.30. The normalized spacial score (nSPS) is 33.5. The highest BCUT2D eigenvalue weighted by molar-refractivity contribution is 5.66. The number of ether oxygens (including phenoxy) is 3. The van der Waals surface area contributed by atoms with Crippen LogP contribution in [0.5, 0.6) is 0 Å². The van der Waals surface area contributed by atoms with Crippen molar-refractivity contribution in [2.24, 2.45) is 5.92 Å². The monoisotopic (exact) mass is 218 g/mol. The lowest BCUT2D eigenvalue weighted by molar-refractivity contribution is -0.215. The molecule has 1 aliphatic heterocycles. The third-order valence-electron chi connectivity index (χ3n) is 2.66. The lowest BCUT2D eigenvalue weighted by atomic mass is 9.92. The van der Waals surface area contributed by atoms with Crippen molar-refractivity contribution in [3.05, 3.63) is 0 Å². The van der Waals surface area contributed by atoms with Crippen LogP contribution in [0.4, 0.5) is 0 Å². The van der Waals surface area contributed by atoms with Gasteiger partial charge in [-0.1, -0.05) is 6.92 Å². The summed E-state index contributed by atoms with van der Waals surface area (Å²) < 4.78 is 15.3. The van der Waals surface area contributed by atoms with Crippen LogP contribution in [0.15, 0.2) is 0 Å². The minimum atomic E-state index is -0.974. The average Bonchev–Trinajstić information content (AvgIpc) is 2.19. The molecule has 88 valence electrons. The number of rotatable bonds is 3. The fourth-order valence-electron chi connectivity index (χ4n) is 1.80. The van der Waals surface area contributed by atoms with Crippen molar-refractivity contribution in [2.75, 3.05) is 13.7 Å². The van der Waals surface area contributed by atoms with E-state index in [4.69, 9.17) is 14.2 Å². The molecule has 0 aromatic carbocycles. The van der Waals surface area contributed by atoms with Gasteiger partial charge < -0.3 is 19.3 Å². The van der Waals surface area contributed by atoms with Gasteiger partial charge in [-0.2, -0.15) is 0 Å². The van der Waals surface area contributed by atoms with Crippen molar-refractivity contribution in [3.63, 3.8) is 0 Å². The SMILES string of the molecule is COC(O)C1OCC[C@@H](OC(C)=O)[C@@H]1C. The van der Waals surface area contributed by atoms with E-state index in [1.165, 1.54) is 14.0 Å². The number of carbonyl (C=O) groups excluding carboxylic acids is 1. The molecule has 1 fully saturated rings. The van der Waals surface area contributed by atoms with Crippen molar-refractivity contribution >= 4 is 5.97 Å². The van der Waals surface area contributed by atoms with Crippen LogP contribution in [-0.2, 0) is 19.0 Å². The first-order chi connectivity index (χ1) is 7.06. The van der Waals surface area contributed by atoms with E-state index in [-0.39, 0.29) is 18.0 Å². The Bertz CT molecular complexity index is 218. The number of hydrogen-bond acceptors (Lipinski definition) is 5. The minimum Gasteiger partial charge on any atom is -0.462 e. The Labute approximate surface area is 89.3 Å². The second-order valence-corrected chi connectivity index (χ2v) is 3.76. The summed E-state index contributed by atoms with van der Waals surface area (Å²) in [7, 11) is 1.41. The molecule has 0 spiro atoms. The molecule has 4 atom stereocenters. The van der Waals surface area contributed by atoms with Crippen LogP contribution < -0.4 is 0 Å².